The maximum Gasteiger partial charge on any atom is 0.0870 e. The zero-order valence-corrected chi connectivity index (χ0v) is 10.6. The summed E-state index contributed by atoms with van der Waals surface area (Å²) in [6.45, 7) is 6.79. The molecule has 1 unspecified atom stereocenters. The third kappa shape index (κ3) is 2.76. The van der Waals surface area contributed by atoms with Gasteiger partial charge in [-0.3, -0.25) is 0 Å². The SMILES string of the molecule is C=C(C)[C@@H]1CC(c2ccccc2)OC[C@@H]1OC. The van der Waals surface area contributed by atoms with Crippen molar-refractivity contribution in [1.29, 1.82) is 0 Å². The minimum atomic E-state index is 0.146. The summed E-state index contributed by atoms with van der Waals surface area (Å²) in [6, 6.07) is 10.4. The molecule has 1 aliphatic heterocycles. The zero-order valence-electron chi connectivity index (χ0n) is 10.6. The zero-order chi connectivity index (χ0) is 12.3. The van der Waals surface area contributed by atoms with Gasteiger partial charge in [0.25, 0.3) is 0 Å². The van der Waals surface area contributed by atoms with Gasteiger partial charge in [-0.05, 0) is 18.9 Å². The lowest BCUT2D eigenvalue weighted by Gasteiger charge is -2.36. The Labute approximate surface area is 103 Å². The highest BCUT2D eigenvalue weighted by atomic mass is 16.5. The molecule has 0 spiro atoms. The Morgan fingerprint density at radius 1 is 1.35 bits per heavy atom. The number of ether oxygens (including phenoxy) is 2. The largest absolute Gasteiger partial charge is 0.378 e. The summed E-state index contributed by atoms with van der Waals surface area (Å²) >= 11 is 0. The van der Waals surface area contributed by atoms with E-state index in [1.165, 1.54) is 11.1 Å². The van der Waals surface area contributed by atoms with E-state index in [0.717, 1.165) is 6.42 Å². The summed E-state index contributed by atoms with van der Waals surface area (Å²) in [7, 11) is 1.74. The van der Waals surface area contributed by atoms with E-state index in [-0.39, 0.29) is 12.2 Å². The molecule has 0 N–H and O–H groups in total. The van der Waals surface area contributed by atoms with Gasteiger partial charge in [-0.15, -0.1) is 0 Å². The molecule has 1 aromatic carbocycles. The van der Waals surface area contributed by atoms with Crippen LogP contribution in [0.15, 0.2) is 42.5 Å². The normalized spacial score (nSPS) is 28.9. The second kappa shape index (κ2) is 5.48. The van der Waals surface area contributed by atoms with E-state index in [4.69, 9.17) is 9.47 Å². The van der Waals surface area contributed by atoms with Gasteiger partial charge in [0.05, 0.1) is 18.8 Å². The van der Waals surface area contributed by atoms with Crippen molar-refractivity contribution in [2.75, 3.05) is 13.7 Å². The molecule has 0 saturated carbocycles. The van der Waals surface area contributed by atoms with Crippen LogP contribution in [0.4, 0.5) is 0 Å². The maximum atomic E-state index is 5.88. The van der Waals surface area contributed by atoms with Gasteiger partial charge in [0.15, 0.2) is 0 Å². The molecular weight excluding hydrogens is 212 g/mol. The van der Waals surface area contributed by atoms with E-state index in [9.17, 15) is 0 Å². The Morgan fingerprint density at radius 2 is 2.06 bits per heavy atom. The summed E-state index contributed by atoms with van der Waals surface area (Å²) in [6.07, 6.45) is 1.27. The minimum Gasteiger partial charge on any atom is -0.378 e. The number of hydrogen-bond acceptors (Lipinski definition) is 2. The molecule has 1 heterocycles. The summed E-state index contributed by atoms with van der Waals surface area (Å²) < 4.78 is 11.3. The topological polar surface area (TPSA) is 18.5 Å². The monoisotopic (exact) mass is 232 g/mol. The predicted molar refractivity (Wildman–Crippen MR) is 68.9 cm³/mol. The lowest BCUT2D eigenvalue weighted by molar-refractivity contribution is -0.0959. The quantitative estimate of drug-likeness (QED) is 0.744. The number of methoxy groups -OCH3 is 1. The van der Waals surface area contributed by atoms with Gasteiger partial charge in [-0.25, -0.2) is 0 Å². The van der Waals surface area contributed by atoms with E-state index in [2.05, 4.69) is 37.8 Å². The fourth-order valence-electron chi connectivity index (χ4n) is 2.43. The van der Waals surface area contributed by atoms with Crippen LogP contribution in [0.5, 0.6) is 0 Å². The van der Waals surface area contributed by atoms with Crippen LogP contribution in [0.2, 0.25) is 0 Å². The average Bonchev–Trinajstić information content (AvgIpc) is 2.39. The van der Waals surface area contributed by atoms with Crippen molar-refractivity contribution < 1.29 is 9.47 Å². The molecule has 2 rings (SSSR count). The molecule has 1 aliphatic rings. The summed E-state index contributed by atoms with van der Waals surface area (Å²) in [5, 5.41) is 0. The van der Waals surface area contributed by atoms with Crippen LogP contribution < -0.4 is 0 Å². The Bertz CT molecular complexity index is 372. The third-order valence-electron chi connectivity index (χ3n) is 3.49. The molecule has 1 saturated heterocycles. The van der Waals surface area contributed by atoms with Gasteiger partial charge in [0, 0.05) is 13.0 Å². The Balaban J connectivity index is 2.11. The fraction of sp³-hybridized carbons (Fsp3) is 0.467. The highest BCUT2D eigenvalue weighted by Gasteiger charge is 2.32. The molecule has 0 radical (unpaired) electrons. The molecule has 92 valence electrons. The first-order valence-corrected chi connectivity index (χ1v) is 6.07. The molecule has 0 bridgehead atoms. The summed E-state index contributed by atoms with van der Waals surface area (Å²) in [5.74, 6) is 0.388. The van der Waals surface area contributed by atoms with Crippen molar-refractivity contribution in [3.63, 3.8) is 0 Å². The lowest BCUT2D eigenvalue weighted by Crippen LogP contribution is -2.35. The minimum absolute atomic E-state index is 0.146. The molecule has 0 aromatic heterocycles. The molecule has 3 atom stereocenters. The highest BCUT2D eigenvalue weighted by Crippen LogP contribution is 2.35. The fourth-order valence-corrected chi connectivity index (χ4v) is 2.43. The van der Waals surface area contributed by atoms with Crippen LogP contribution in [0.25, 0.3) is 0 Å². The van der Waals surface area contributed by atoms with Gasteiger partial charge < -0.3 is 9.47 Å². The first-order valence-electron chi connectivity index (χ1n) is 6.07. The second-order valence-corrected chi connectivity index (χ2v) is 4.70. The van der Waals surface area contributed by atoms with Gasteiger partial charge in [0.1, 0.15) is 0 Å². The van der Waals surface area contributed by atoms with Gasteiger partial charge in [-0.1, -0.05) is 42.5 Å². The number of hydrogen-bond donors (Lipinski definition) is 0. The van der Waals surface area contributed by atoms with Crippen molar-refractivity contribution in [1.82, 2.24) is 0 Å². The maximum absolute atomic E-state index is 5.88. The number of rotatable bonds is 3. The summed E-state index contributed by atoms with van der Waals surface area (Å²) in [4.78, 5) is 0. The molecule has 17 heavy (non-hydrogen) atoms. The van der Waals surface area contributed by atoms with Crippen LogP contribution in [-0.4, -0.2) is 19.8 Å². The van der Waals surface area contributed by atoms with Crippen LogP contribution in [0, 0.1) is 5.92 Å². The molecule has 1 aromatic rings. The van der Waals surface area contributed by atoms with Crippen LogP contribution in [0.1, 0.15) is 25.0 Å². The van der Waals surface area contributed by atoms with E-state index in [1.54, 1.807) is 7.11 Å². The van der Waals surface area contributed by atoms with Crippen molar-refractivity contribution in [3.8, 4) is 0 Å². The second-order valence-electron chi connectivity index (χ2n) is 4.70. The molecular formula is C15H20O2. The standard InChI is InChI=1S/C15H20O2/c1-11(2)13-9-14(17-10-15(13)16-3)12-7-5-4-6-8-12/h4-8,13-15H,1,9-10H2,2-3H3/t13-,14?,15-/m0/s1. The molecule has 0 aliphatic carbocycles. The summed E-state index contributed by atoms with van der Waals surface area (Å²) in [5.41, 5.74) is 2.43. The van der Waals surface area contributed by atoms with E-state index < -0.39 is 0 Å². The van der Waals surface area contributed by atoms with E-state index >= 15 is 0 Å². The molecule has 2 nitrogen and oxygen atoms in total. The van der Waals surface area contributed by atoms with E-state index in [1.807, 2.05) is 6.07 Å². The number of benzene rings is 1. The van der Waals surface area contributed by atoms with Crippen LogP contribution >= 0.6 is 0 Å². The first-order chi connectivity index (χ1) is 8.22. The molecule has 1 fully saturated rings. The average molecular weight is 232 g/mol. The van der Waals surface area contributed by atoms with Crippen molar-refractivity contribution in [2.45, 2.75) is 25.6 Å². The van der Waals surface area contributed by atoms with Crippen LogP contribution in [0.3, 0.4) is 0 Å². The Hall–Kier alpha value is -1.12. The van der Waals surface area contributed by atoms with Gasteiger partial charge >= 0.3 is 0 Å². The third-order valence-corrected chi connectivity index (χ3v) is 3.49. The highest BCUT2D eigenvalue weighted by molar-refractivity contribution is 5.19. The van der Waals surface area contributed by atoms with Crippen LogP contribution in [-0.2, 0) is 9.47 Å². The van der Waals surface area contributed by atoms with Gasteiger partial charge in [0.2, 0.25) is 0 Å². The Morgan fingerprint density at radius 3 is 2.65 bits per heavy atom. The predicted octanol–water partition coefficient (Wildman–Crippen LogP) is 3.36. The van der Waals surface area contributed by atoms with Gasteiger partial charge in [-0.2, -0.15) is 0 Å². The smallest absolute Gasteiger partial charge is 0.0870 e. The Kier molecular flexibility index (Phi) is 3.97. The molecule has 0 amide bonds. The van der Waals surface area contributed by atoms with E-state index in [0.29, 0.717) is 12.5 Å². The van der Waals surface area contributed by atoms with Crippen molar-refractivity contribution >= 4 is 0 Å². The molecule has 2 heteroatoms. The lowest BCUT2D eigenvalue weighted by atomic mass is 9.85. The van der Waals surface area contributed by atoms with Crippen molar-refractivity contribution in [3.05, 3.63) is 48.0 Å². The first kappa shape index (κ1) is 12.3. The van der Waals surface area contributed by atoms with Crippen molar-refractivity contribution in [2.24, 2.45) is 5.92 Å².